The number of allylic oxidation sites excluding steroid dienone is 5. The van der Waals surface area contributed by atoms with Crippen molar-refractivity contribution in [3.05, 3.63) is 60.2 Å². The van der Waals surface area contributed by atoms with E-state index in [-0.39, 0.29) is 0 Å². The van der Waals surface area contributed by atoms with Crippen LogP contribution in [-0.4, -0.2) is 0 Å². The summed E-state index contributed by atoms with van der Waals surface area (Å²) in [5.74, 6) is 0.535. The molecule has 15 heavy (non-hydrogen) atoms. The monoisotopic (exact) mass is 197 g/mol. The van der Waals surface area contributed by atoms with Crippen molar-refractivity contribution in [2.24, 2.45) is 5.92 Å². The molecule has 1 heteroatoms. The quantitative estimate of drug-likeness (QED) is 0.722. The summed E-state index contributed by atoms with van der Waals surface area (Å²) < 4.78 is 0. The minimum Gasteiger partial charge on any atom is -0.399 e. The van der Waals surface area contributed by atoms with Gasteiger partial charge < -0.3 is 5.73 Å². The highest BCUT2D eigenvalue weighted by Gasteiger charge is 1.99. The fourth-order valence-electron chi connectivity index (χ4n) is 1.58. The molecular weight excluding hydrogens is 182 g/mol. The Balaban J connectivity index is 2.02. The lowest BCUT2D eigenvalue weighted by atomic mass is 9.99. The van der Waals surface area contributed by atoms with E-state index >= 15 is 0 Å². The van der Waals surface area contributed by atoms with Crippen LogP contribution in [0, 0.1) is 5.92 Å². The highest BCUT2D eigenvalue weighted by atomic mass is 14.5. The minimum absolute atomic E-state index is 0.535. The highest BCUT2D eigenvalue weighted by Crippen LogP contribution is 2.15. The summed E-state index contributed by atoms with van der Waals surface area (Å²) >= 11 is 0. The smallest absolute Gasteiger partial charge is 0.0314 e. The van der Waals surface area contributed by atoms with Gasteiger partial charge in [-0.25, -0.2) is 0 Å². The van der Waals surface area contributed by atoms with Gasteiger partial charge >= 0.3 is 0 Å². The number of hydrogen-bond donors (Lipinski definition) is 1. The van der Waals surface area contributed by atoms with E-state index in [1.54, 1.807) is 0 Å². The molecule has 0 fully saturated rings. The van der Waals surface area contributed by atoms with Crippen molar-refractivity contribution in [3.63, 3.8) is 0 Å². The second kappa shape index (κ2) is 4.65. The molecule has 1 aromatic carbocycles. The molecule has 0 aromatic heterocycles. The van der Waals surface area contributed by atoms with Crippen molar-refractivity contribution in [2.45, 2.75) is 6.42 Å². The molecule has 1 nitrogen and oxygen atoms in total. The Kier molecular flexibility index (Phi) is 3.03. The highest BCUT2D eigenvalue weighted by molar-refractivity contribution is 5.53. The standard InChI is InChI=1S/C14H15N/c15-14-10-8-13(9-11-14)7-6-12-4-2-1-3-5-12/h1-4,6-12H,5,15H2. The third-order valence-corrected chi connectivity index (χ3v) is 2.49. The topological polar surface area (TPSA) is 26.0 Å². The van der Waals surface area contributed by atoms with Crippen LogP contribution in [0.15, 0.2) is 54.6 Å². The molecule has 1 atom stereocenters. The minimum atomic E-state index is 0.535. The van der Waals surface area contributed by atoms with Crippen molar-refractivity contribution < 1.29 is 0 Å². The average Bonchev–Trinajstić information content (AvgIpc) is 2.30. The van der Waals surface area contributed by atoms with Gasteiger partial charge in [-0.1, -0.05) is 48.6 Å². The van der Waals surface area contributed by atoms with Gasteiger partial charge in [-0.2, -0.15) is 0 Å². The van der Waals surface area contributed by atoms with Crippen LogP contribution in [0.3, 0.4) is 0 Å². The van der Waals surface area contributed by atoms with Crippen molar-refractivity contribution in [2.75, 3.05) is 5.73 Å². The first-order valence-electron chi connectivity index (χ1n) is 5.22. The third kappa shape index (κ3) is 2.84. The van der Waals surface area contributed by atoms with Gasteiger partial charge in [0.1, 0.15) is 0 Å². The second-order valence-corrected chi connectivity index (χ2v) is 3.74. The summed E-state index contributed by atoms with van der Waals surface area (Å²) in [5, 5.41) is 0. The molecule has 2 rings (SSSR count). The molecule has 0 amide bonds. The zero-order valence-electron chi connectivity index (χ0n) is 8.64. The van der Waals surface area contributed by atoms with E-state index in [4.69, 9.17) is 5.73 Å². The fraction of sp³-hybridized carbons (Fsp3) is 0.143. The van der Waals surface area contributed by atoms with Crippen molar-refractivity contribution in [3.8, 4) is 0 Å². The van der Waals surface area contributed by atoms with Gasteiger partial charge in [0, 0.05) is 5.69 Å². The first kappa shape index (κ1) is 9.78. The first-order chi connectivity index (χ1) is 7.34. The molecule has 0 radical (unpaired) electrons. The largest absolute Gasteiger partial charge is 0.399 e. The second-order valence-electron chi connectivity index (χ2n) is 3.74. The molecule has 0 bridgehead atoms. The van der Waals surface area contributed by atoms with E-state index < -0.39 is 0 Å². The Morgan fingerprint density at radius 2 is 1.93 bits per heavy atom. The van der Waals surface area contributed by atoms with Crippen LogP contribution in [0.4, 0.5) is 5.69 Å². The molecule has 0 aliphatic heterocycles. The normalized spacial score (nSPS) is 19.9. The lowest BCUT2D eigenvalue weighted by Crippen LogP contribution is -1.91. The zero-order chi connectivity index (χ0) is 10.5. The van der Waals surface area contributed by atoms with Crippen LogP contribution < -0.4 is 5.73 Å². The van der Waals surface area contributed by atoms with Gasteiger partial charge in [0.05, 0.1) is 0 Å². The van der Waals surface area contributed by atoms with Crippen molar-refractivity contribution in [1.82, 2.24) is 0 Å². The molecule has 76 valence electrons. The van der Waals surface area contributed by atoms with Gasteiger partial charge in [0.15, 0.2) is 0 Å². The molecular formula is C14H15N. The molecule has 0 saturated carbocycles. The number of nitrogens with two attached hydrogens (primary N) is 1. The van der Waals surface area contributed by atoms with E-state index in [1.165, 1.54) is 5.56 Å². The number of nitrogen functional groups attached to an aromatic ring is 1. The first-order valence-corrected chi connectivity index (χ1v) is 5.22. The van der Waals surface area contributed by atoms with Crippen molar-refractivity contribution in [1.29, 1.82) is 0 Å². The average molecular weight is 197 g/mol. The number of hydrogen-bond acceptors (Lipinski definition) is 1. The lowest BCUT2D eigenvalue weighted by molar-refractivity contribution is 0.826. The maximum atomic E-state index is 5.62. The van der Waals surface area contributed by atoms with Crippen LogP contribution in [0.25, 0.3) is 6.08 Å². The SMILES string of the molecule is Nc1ccc(C=CC2C=CC=CC2)cc1. The Morgan fingerprint density at radius 1 is 1.13 bits per heavy atom. The molecule has 1 aliphatic rings. The predicted octanol–water partition coefficient (Wildman–Crippen LogP) is 3.41. The predicted molar refractivity (Wildman–Crippen MR) is 66.3 cm³/mol. The van der Waals surface area contributed by atoms with E-state index in [9.17, 15) is 0 Å². The third-order valence-electron chi connectivity index (χ3n) is 2.49. The van der Waals surface area contributed by atoms with Crippen LogP contribution in [0.5, 0.6) is 0 Å². The van der Waals surface area contributed by atoms with Crippen LogP contribution >= 0.6 is 0 Å². The van der Waals surface area contributed by atoms with E-state index in [2.05, 4.69) is 36.5 Å². The summed E-state index contributed by atoms with van der Waals surface area (Å²) in [6, 6.07) is 7.93. The number of anilines is 1. The van der Waals surface area contributed by atoms with E-state index in [1.807, 2.05) is 24.3 Å². The van der Waals surface area contributed by atoms with Gasteiger partial charge in [0.2, 0.25) is 0 Å². The summed E-state index contributed by atoms with van der Waals surface area (Å²) in [6.07, 6.45) is 14.1. The Morgan fingerprint density at radius 3 is 2.60 bits per heavy atom. The molecule has 0 heterocycles. The Bertz CT molecular complexity index is 396. The van der Waals surface area contributed by atoms with Crippen molar-refractivity contribution >= 4 is 11.8 Å². The van der Waals surface area contributed by atoms with Crippen LogP contribution in [0.2, 0.25) is 0 Å². The summed E-state index contributed by atoms with van der Waals surface area (Å²) in [4.78, 5) is 0. The summed E-state index contributed by atoms with van der Waals surface area (Å²) in [7, 11) is 0. The van der Waals surface area contributed by atoms with Gasteiger partial charge in [-0.15, -0.1) is 0 Å². The maximum absolute atomic E-state index is 5.62. The molecule has 2 N–H and O–H groups in total. The number of benzene rings is 1. The molecule has 0 saturated heterocycles. The van der Waals surface area contributed by atoms with Gasteiger partial charge in [-0.3, -0.25) is 0 Å². The van der Waals surface area contributed by atoms with Crippen LogP contribution in [0.1, 0.15) is 12.0 Å². The van der Waals surface area contributed by atoms with Gasteiger partial charge in [-0.05, 0) is 30.0 Å². The fourth-order valence-corrected chi connectivity index (χ4v) is 1.58. The molecule has 1 aliphatic carbocycles. The molecule has 0 spiro atoms. The van der Waals surface area contributed by atoms with Gasteiger partial charge in [0.25, 0.3) is 0 Å². The Hall–Kier alpha value is -1.76. The summed E-state index contributed by atoms with van der Waals surface area (Å²) in [5.41, 5.74) is 7.63. The lowest BCUT2D eigenvalue weighted by Gasteiger charge is -2.06. The van der Waals surface area contributed by atoms with Crippen LogP contribution in [-0.2, 0) is 0 Å². The van der Waals surface area contributed by atoms with E-state index in [0.717, 1.165) is 12.1 Å². The number of rotatable bonds is 2. The maximum Gasteiger partial charge on any atom is 0.0314 e. The molecule has 1 aromatic rings. The Labute approximate surface area is 90.6 Å². The molecule has 1 unspecified atom stereocenters. The summed E-state index contributed by atoms with van der Waals surface area (Å²) in [6.45, 7) is 0. The van der Waals surface area contributed by atoms with E-state index in [0.29, 0.717) is 5.92 Å². The zero-order valence-corrected chi connectivity index (χ0v) is 8.64.